The zero-order valence-electron chi connectivity index (χ0n) is 28.6. The Labute approximate surface area is 299 Å². The smallest absolute Gasteiger partial charge is 0.271 e. The lowest BCUT2D eigenvalue weighted by atomic mass is 9.95. The summed E-state index contributed by atoms with van der Waals surface area (Å²) in [6.45, 7) is 7.02. The SMILES string of the molecule is CCOc1ccc([C@H]2C(C(=O)Nc3ccccc3)=C(C)N=c3s/c(=C\c4ccc(OCc5cccc6ccccc56)c(OCC)c4)c(=O)n32)cc1. The van der Waals surface area contributed by atoms with E-state index in [0.717, 1.165) is 27.5 Å². The number of benzene rings is 5. The van der Waals surface area contributed by atoms with Gasteiger partial charge >= 0.3 is 0 Å². The van der Waals surface area contributed by atoms with Crippen LogP contribution in [0.4, 0.5) is 5.69 Å². The number of para-hydroxylation sites is 1. The summed E-state index contributed by atoms with van der Waals surface area (Å²) in [6.07, 6.45) is 1.83. The third-order valence-corrected chi connectivity index (χ3v) is 9.62. The maximum Gasteiger partial charge on any atom is 0.271 e. The minimum Gasteiger partial charge on any atom is -0.494 e. The van der Waals surface area contributed by atoms with E-state index in [1.54, 1.807) is 4.57 Å². The molecule has 9 heteroatoms. The van der Waals surface area contributed by atoms with E-state index in [0.29, 0.717) is 63.4 Å². The van der Waals surface area contributed by atoms with Crippen molar-refractivity contribution in [1.82, 2.24) is 4.57 Å². The second-order valence-corrected chi connectivity index (χ2v) is 13.0. The number of allylic oxidation sites excluding steroid dienone is 1. The summed E-state index contributed by atoms with van der Waals surface area (Å²) in [5.41, 5.74) is 3.97. The molecule has 1 aliphatic rings. The fourth-order valence-electron chi connectivity index (χ4n) is 6.29. The van der Waals surface area contributed by atoms with Gasteiger partial charge in [-0.3, -0.25) is 14.2 Å². The number of nitrogens with one attached hydrogen (secondary N) is 1. The Kier molecular flexibility index (Phi) is 9.81. The molecule has 51 heavy (non-hydrogen) atoms. The molecule has 0 unspecified atom stereocenters. The molecule has 8 nitrogen and oxygen atoms in total. The van der Waals surface area contributed by atoms with E-state index in [1.807, 2.05) is 118 Å². The molecular formula is C42H37N3O5S. The molecule has 7 rings (SSSR count). The Balaban J connectivity index is 1.25. The van der Waals surface area contributed by atoms with Crippen molar-refractivity contribution in [3.8, 4) is 17.2 Å². The first-order valence-electron chi connectivity index (χ1n) is 16.9. The van der Waals surface area contributed by atoms with Gasteiger partial charge in [-0.25, -0.2) is 4.99 Å². The van der Waals surface area contributed by atoms with Gasteiger partial charge in [0.2, 0.25) is 0 Å². The molecule has 0 spiro atoms. The molecule has 2 heterocycles. The molecule has 256 valence electrons. The average molecular weight is 696 g/mol. The number of amides is 1. The lowest BCUT2D eigenvalue weighted by Gasteiger charge is -2.25. The van der Waals surface area contributed by atoms with Crippen molar-refractivity contribution in [2.75, 3.05) is 18.5 Å². The van der Waals surface area contributed by atoms with Crippen molar-refractivity contribution >= 4 is 39.8 Å². The highest BCUT2D eigenvalue weighted by molar-refractivity contribution is 7.07. The standard InChI is InChI=1S/C42H37N3O5S/c1-4-48-33-21-19-30(20-22-33)39-38(40(46)44-32-15-7-6-8-16-32)27(3)43-42-45(39)41(47)37(51-42)25-28-18-23-35(36(24-28)49-5-2)50-26-31-14-11-13-29-12-9-10-17-34(29)31/h6-25,39H,4-5,26H2,1-3H3,(H,44,46)/b37-25-/t39-/m0/s1. The number of fused-ring (bicyclic) bond motifs is 2. The van der Waals surface area contributed by atoms with E-state index in [1.165, 1.54) is 11.3 Å². The van der Waals surface area contributed by atoms with Crippen molar-refractivity contribution in [1.29, 1.82) is 0 Å². The molecule has 1 aliphatic heterocycles. The van der Waals surface area contributed by atoms with Gasteiger partial charge in [0.15, 0.2) is 16.3 Å². The van der Waals surface area contributed by atoms with Crippen LogP contribution in [0.5, 0.6) is 17.2 Å². The maximum atomic E-state index is 14.3. The first-order valence-corrected chi connectivity index (χ1v) is 17.7. The van der Waals surface area contributed by atoms with Gasteiger partial charge in [0.25, 0.3) is 11.5 Å². The second-order valence-electron chi connectivity index (χ2n) is 12.0. The van der Waals surface area contributed by atoms with E-state index >= 15 is 0 Å². The topological polar surface area (TPSA) is 91.2 Å². The van der Waals surface area contributed by atoms with E-state index in [9.17, 15) is 9.59 Å². The highest BCUT2D eigenvalue weighted by Crippen LogP contribution is 2.33. The number of carbonyl (C=O) groups excluding carboxylic acids is 1. The Morgan fingerprint density at radius 1 is 0.843 bits per heavy atom. The van der Waals surface area contributed by atoms with Gasteiger partial charge in [0.05, 0.1) is 35.1 Å². The zero-order valence-corrected chi connectivity index (χ0v) is 29.4. The van der Waals surface area contributed by atoms with Gasteiger partial charge in [-0.1, -0.05) is 90.2 Å². The number of hydrogen-bond donors (Lipinski definition) is 1. The van der Waals surface area contributed by atoms with Crippen LogP contribution >= 0.6 is 11.3 Å². The van der Waals surface area contributed by atoms with Crippen LogP contribution in [-0.2, 0) is 11.4 Å². The normalized spacial score (nSPS) is 14.2. The number of ether oxygens (including phenoxy) is 3. The Morgan fingerprint density at radius 3 is 2.37 bits per heavy atom. The number of rotatable bonds is 11. The number of aromatic nitrogens is 1. The Hall–Kier alpha value is -5.93. The number of nitrogens with zero attached hydrogens (tertiary/aromatic N) is 2. The van der Waals surface area contributed by atoms with Crippen molar-refractivity contribution in [3.63, 3.8) is 0 Å². The maximum absolute atomic E-state index is 14.3. The molecule has 0 aliphatic carbocycles. The molecule has 0 saturated carbocycles. The van der Waals surface area contributed by atoms with Crippen LogP contribution in [0.25, 0.3) is 16.8 Å². The third-order valence-electron chi connectivity index (χ3n) is 8.63. The summed E-state index contributed by atoms with van der Waals surface area (Å²) >= 11 is 1.29. The van der Waals surface area contributed by atoms with Crippen LogP contribution in [0.1, 0.15) is 43.5 Å². The van der Waals surface area contributed by atoms with Crippen LogP contribution < -0.4 is 34.4 Å². The molecule has 1 atom stereocenters. The average Bonchev–Trinajstić information content (AvgIpc) is 3.45. The zero-order chi connectivity index (χ0) is 35.3. The minimum absolute atomic E-state index is 0.246. The van der Waals surface area contributed by atoms with E-state index in [4.69, 9.17) is 19.2 Å². The monoisotopic (exact) mass is 695 g/mol. The summed E-state index contributed by atoms with van der Waals surface area (Å²) in [6, 6.07) is 36.1. The van der Waals surface area contributed by atoms with Gasteiger partial charge < -0.3 is 19.5 Å². The van der Waals surface area contributed by atoms with Crippen molar-refractivity contribution in [3.05, 3.63) is 163 Å². The van der Waals surface area contributed by atoms with Gasteiger partial charge in [-0.05, 0) is 90.7 Å². The second kappa shape index (κ2) is 14.9. The molecule has 0 radical (unpaired) electrons. The highest BCUT2D eigenvalue weighted by atomic mass is 32.1. The fraction of sp³-hybridized carbons (Fsp3) is 0.167. The van der Waals surface area contributed by atoms with E-state index in [-0.39, 0.29) is 11.5 Å². The third kappa shape index (κ3) is 7.07. The number of carbonyl (C=O) groups is 1. The van der Waals surface area contributed by atoms with Crippen LogP contribution in [0.2, 0.25) is 0 Å². The molecule has 1 amide bonds. The van der Waals surface area contributed by atoms with Crippen molar-refractivity contribution in [2.45, 2.75) is 33.4 Å². The first-order chi connectivity index (χ1) is 24.9. The van der Waals surface area contributed by atoms with Crippen LogP contribution in [0.15, 0.2) is 136 Å². The molecule has 6 aromatic rings. The predicted octanol–water partition coefficient (Wildman–Crippen LogP) is 7.40. The molecule has 1 aromatic heterocycles. The van der Waals surface area contributed by atoms with Gasteiger partial charge in [-0.2, -0.15) is 0 Å². The fourth-order valence-corrected chi connectivity index (χ4v) is 7.33. The summed E-state index contributed by atoms with van der Waals surface area (Å²) in [5.74, 6) is 1.58. The van der Waals surface area contributed by atoms with E-state index < -0.39 is 6.04 Å². The van der Waals surface area contributed by atoms with E-state index in [2.05, 4.69) is 29.6 Å². The Morgan fingerprint density at radius 2 is 1.59 bits per heavy atom. The molecule has 1 N–H and O–H groups in total. The molecule has 0 fully saturated rings. The lowest BCUT2D eigenvalue weighted by Crippen LogP contribution is -2.40. The quantitative estimate of drug-likeness (QED) is 0.153. The predicted molar refractivity (Wildman–Crippen MR) is 202 cm³/mol. The Bertz CT molecular complexity index is 2430. The van der Waals surface area contributed by atoms with Crippen LogP contribution in [0.3, 0.4) is 0 Å². The summed E-state index contributed by atoms with van der Waals surface area (Å²) < 4.78 is 20.1. The van der Waals surface area contributed by atoms with Gasteiger partial charge in [0, 0.05) is 5.69 Å². The van der Waals surface area contributed by atoms with Crippen LogP contribution in [0, 0.1) is 0 Å². The first kappa shape index (κ1) is 33.6. The number of hydrogen-bond acceptors (Lipinski definition) is 7. The molecule has 0 saturated heterocycles. The van der Waals surface area contributed by atoms with Gasteiger partial charge in [-0.15, -0.1) is 0 Å². The molecular weight excluding hydrogens is 659 g/mol. The molecule has 0 bridgehead atoms. The lowest BCUT2D eigenvalue weighted by molar-refractivity contribution is -0.113. The van der Waals surface area contributed by atoms with Crippen molar-refractivity contribution in [2.24, 2.45) is 4.99 Å². The van der Waals surface area contributed by atoms with Crippen LogP contribution in [-0.4, -0.2) is 23.7 Å². The summed E-state index contributed by atoms with van der Waals surface area (Å²) in [5, 5.41) is 5.30. The number of anilines is 1. The number of thiazole rings is 1. The van der Waals surface area contributed by atoms with Gasteiger partial charge in [0.1, 0.15) is 12.4 Å². The summed E-state index contributed by atoms with van der Waals surface area (Å²) in [7, 11) is 0. The molecule has 5 aromatic carbocycles. The summed E-state index contributed by atoms with van der Waals surface area (Å²) in [4.78, 5) is 33.5. The minimum atomic E-state index is -0.702. The highest BCUT2D eigenvalue weighted by Gasteiger charge is 2.32. The largest absolute Gasteiger partial charge is 0.494 e. The van der Waals surface area contributed by atoms with Crippen molar-refractivity contribution < 1.29 is 19.0 Å².